The number of hydrogen-bond acceptors (Lipinski definition) is 4. The second-order valence-electron chi connectivity index (χ2n) is 5.82. The van der Waals surface area contributed by atoms with Crippen molar-refractivity contribution in [3.8, 4) is 0 Å². The summed E-state index contributed by atoms with van der Waals surface area (Å²) in [6.45, 7) is 8.57. The van der Waals surface area contributed by atoms with E-state index in [1.165, 1.54) is 12.8 Å². The Balaban J connectivity index is 2.35. The zero-order valence-electron chi connectivity index (χ0n) is 12.8. The summed E-state index contributed by atoms with van der Waals surface area (Å²) in [5, 5.41) is 0. The van der Waals surface area contributed by atoms with Gasteiger partial charge in [0.1, 0.15) is 11.6 Å². The first-order valence-electron chi connectivity index (χ1n) is 7.48. The fourth-order valence-corrected chi connectivity index (χ4v) is 3.25. The molecule has 3 unspecified atom stereocenters. The van der Waals surface area contributed by atoms with Crippen LogP contribution in [0.5, 0.6) is 0 Å². The molecule has 0 amide bonds. The molecule has 5 nitrogen and oxygen atoms in total. The first-order valence-corrected chi connectivity index (χ1v) is 7.48. The van der Waals surface area contributed by atoms with Crippen molar-refractivity contribution in [2.45, 2.75) is 53.0 Å². The molecule has 1 aliphatic rings. The van der Waals surface area contributed by atoms with E-state index in [-0.39, 0.29) is 5.69 Å². The Morgan fingerprint density at radius 3 is 2.80 bits per heavy atom. The summed E-state index contributed by atoms with van der Waals surface area (Å²) in [6.07, 6.45) is 3.55. The zero-order chi connectivity index (χ0) is 14.9. The van der Waals surface area contributed by atoms with Crippen LogP contribution in [0.15, 0.2) is 0 Å². The Morgan fingerprint density at radius 2 is 2.15 bits per heavy atom. The van der Waals surface area contributed by atoms with Gasteiger partial charge < -0.3 is 15.0 Å². The van der Waals surface area contributed by atoms with Gasteiger partial charge in [-0.3, -0.25) is 0 Å². The predicted molar refractivity (Wildman–Crippen MR) is 78.5 cm³/mol. The molecule has 0 saturated heterocycles. The second kappa shape index (κ2) is 5.85. The smallest absolute Gasteiger partial charge is 0.360 e. The molecule has 0 aromatic carbocycles. The van der Waals surface area contributed by atoms with Crippen LogP contribution in [0.1, 0.15) is 62.4 Å². The lowest BCUT2D eigenvalue weighted by Crippen LogP contribution is -2.28. The maximum Gasteiger partial charge on any atom is 0.360 e. The van der Waals surface area contributed by atoms with E-state index in [0.29, 0.717) is 30.3 Å². The summed E-state index contributed by atoms with van der Waals surface area (Å²) in [7, 11) is 0. The molecule has 0 radical (unpaired) electrons. The van der Waals surface area contributed by atoms with E-state index in [0.717, 1.165) is 12.2 Å². The van der Waals surface area contributed by atoms with Crippen molar-refractivity contribution in [3.63, 3.8) is 0 Å². The highest BCUT2D eigenvalue weighted by Crippen LogP contribution is 2.39. The Bertz CT molecular complexity index is 496. The second-order valence-corrected chi connectivity index (χ2v) is 5.82. The van der Waals surface area contributed by atoms with Crippen LogP contribution < -0.4 is 5.73 Å². The predicted octanol–water partition coefficient (Wildman–Crippen LogP) is 2.95. The van der Waals surface area contributed by atoms with E-state index >= 15 is 0 Å². The van der Waals surface area contributed by atoms with Crippen molar-refractivity contribution >= 4 is 11.8 Å². The standard InChI is InChI=1S/C15H25N3O2/c1-5-20-15(19)13-14(16)18(11(4)17-13)12-8-6-7-9(2)10(12)3/h9-10,12H,5-8,16H2,1-4H3. The lowest BCUT2D eigenvalue weighted by Gasteiger charge is -2.36. The minimum Gasteiger partial charge on any atom is -0.461 e. The topological polar surface area (TPSA) is 70.1 Å². The maximum atomic E-state index is 11.9. The third-order valence-corrected chi connectivity index (χ3v) is 4.59. The fourth-order valence-electron chi connectivity index (χ4n) is 3.25. The average Bonchev–Trinajstić information content (AvgIpc) is 2.69. The summed E-state index contributed by atoms with van der Waals surface area (Å²) < 4.78 is 7.05. The van der Waals surface area contributed by atoms with Gasteiger partial charge in [-0.2, -0.15) is 0 Å². The molecule has 1 saturated carbocycles. The van der Waals surface area contributed by atoms with Gasteiger partial charge in [-0.25, -0.2) is 9.78 Å². The highest BCUT2D eigenvalue weighted by molar-refractivity contribution is 5.92. The maximum absolute atomic E-state index is 11.9. The van der Waals surface area contributed by atoms with Gasteiger partial charge in [0.15, 0.2) is 5.69 Å². The summed E-state index contributed by atoms with van der Waals surface area (Å²) in [6, 6.07) is 0.328. The highest BCUT2D eigenvalue weighted by atomic mass is 16.5. The number of carbonyl (C=O) groups is 1. The van der Waals surface area contributed by atoms with E-state index < -0.39 is 5.97 Å². The van der Waals surface area contributed by atoms with Crippen LogP contribution >= 0.6 is 0 Å². The summed E-state index contributed by atoms with van der Waals surface area (Å²) in [5.41, 5.74) is 6.43. The SMILES string of the molecule is CCOC(=O)c1nc(C)n(C2CCCC(C)C2C)c1N. The molecule has 20 heavy (non-hydrogen) atoms. The molecule has 0 spiro atoms. The molecule has 1 aromatic rings. The molecule has 1 heterocycles. The number of anilines is 1. The van der Waals surface area contributed by atoms with Gasteiger partial charge in [0.25, 0.3) is 0 Å². The number of rotatable bonds is 3. The van der Waals surface area contributed by atoms with Gasteiger partial charge in [-0.1, -0.05) is 26.7 Å². The summed E-state index contributed by atoms with van der Waals surface area (Å²) in [5.74, 6) is 2.03. The molecule has 1 fully saturated rings. The molecule has 1 aromatic heterocycles. The monoisotopic (exact) mass is 279 g/mol. The minimum atomic E-state index is -0.427. The molecule has 3 atom stereocenters. The van der Waals surface area contributed by atoms with Crippen LogP contribution in [0.2, 0.25) is 0 Å². The van der Waals surface area contributed by atoms with Crippen molar-refractivity contribution in [2.24, 2.45) is 11.8 Å². The lowest BCUT2D eigenvalue weighted by atomic mass is 9.78. The fraction of sp³-hybridized carbons (Fsp3) is 0.733. The third kappa shape index (κ3) is 2.53. The average molecular weight is 279 g/mol. The van der Waals surface area contributed by atoms with Crippen LogP contribution in [0.3, 0.4) is 0 Å². The third-order valence-electron chi connectivity index (χ3n) is 4.59. The summed E-state index contributed by atoms with van der Waals surface area (Å²) >= 11 is 0. The van der Waals surface area contributed by atoms with Gasteiger partial charge in [-0.15, -0.1) is 0 Å². The van der Waals surface area contributed by atoms with Crippen molar-refractivity contribution in [1.29, 1.82) is 0 Å². The molecule has 112 valence electrons. The number of aromatic nitrogens is 2. The molecule has 5 heteroatoms. The molecule has 1 aliphatic carbocycles. The van der Waals surface area contributed by atoms with Crippen molar-refractivity contribution in [2.75, 3.05) is 12.3 Å². The number of carbonyl (C=O) groups excluding carboxylic acids is 1. The van der Waals surface area contributed by atoms with Gasteiger partial charge in [0.05, 0.1) is 6.61 Å². The van der Waals surface area contributed by atoms with E-state index in [9.17, 15) is 4.79 Å². The van der Waals surface area contributed by atoms with Gasteiger partial charge in [0, 0.05) is 6.04 Å². The Kier molecular flexibility index (Phi) is 4.35. The molecule has 2 rings (SSSR count). The van der Waals surface area contributed by atoms with Gasteiger partial charge >= 0.3 is 5.97 Å². The van der Waals surface area contributed by atoms with Crippen LogP contribution in [0.4, 0.5) is 5.82 Å². The highest BCUT2D eigenvalue weighted by Gasteiger charge is 2.32. The Labute approximate surface area is 120 Å². The molecule has 0 aliphatic heterocycles. The number of aryl methyl sites for hydroxylation is 1. The van der Waals surface area contributed by atoms with Gasteiger partial charge in [0.2, 0.25) is 0 Å². The van der Waals surface area contributed by atoms with E-state index in [1.54, 1.807) is 6.92 Å². The normalized spacial score (nSPS) is 26.5. The van der Waals surface area contributed by atoms with E-state index in [4.69, 9.17) is 10.5 Å². The van der Waals surface area contributed by atoms with Crippen molar-refractivity contribution in [3.05, 3.63) is 11.5 Å². The number of ether oxygens (including phenoxy) is 1. The summed E-state index contributed by atoms with van der Waals surface area (Å²) in [4.78, 5) is 16.2. The van der Waals surface area contributed by atoms with Crippen molar-refractivity contribution in [1.82, 2.24) is 9.55 Å². The lowest BCUT2D eigenvalue weighted by molar-refractivity contribution is 0.0521. The molecular weight excluding hydrogens is 254 g/mol. The number of esters is 1. The number of nitrogens with zero attached hydrogens (tertiary/aromatic N) is 2. The largest absolute Gasteiger partial charge is 0.461 e. The number of nitrogens with two attached hydrogens (primary N) is 1. The van der Waals surface area contributed by atoms with Crippen LogP contribution in [0.25, 0.3) is 0 Å². The van der Waals surface area contributed by atoms with Crippen LogP contribution in [-0.2, 0) is 4.74 Å². The Hall–Kier alpha value is -1.52. The Morgan fingerprint density at radius 1 is 1.45 bits per heavy atom. The minimum absolute atomic E-state index is 0.259. The first-order chi connectivity index (χ1) is 9.47. The van der Waals surface area contributed by atoms with Crippen LogP contribution in [-0.4, -0.2) is 22.1 Å². The number of imidazole rings is 1. The number of nitrogen functional groups attached to an aromatic ring is 1. The molecule has 2 N–H and O–H groups in total. The van der Waals surface area contributed by atoms with Gasteiger partial charge in [-0.05, 0) is 32.1 Å². The first kappa shape index (κ1) is 14.9. The van der Waals surface area contributed by atoms with E-state index in [2.05, 4.69) is 18.8 Å². The quantitative estimate of drug-likeness (QED) is 0.864. The zero-order valence-corrected chi connectivity index (χ0v) is 12.8. The molecular formula is C15H25N3O2. The van der Waals surface area contributed by atoms with Crippen LogP contribution in [0, 0.1) is 18.8 Å². The molecule has 0 bridgehead atoms. The van der Waals surface area contributed by atoms with Crippen molar-refractivity contribution < 1.29 is 9.53 Å². The number of hydrogen-bond donors (Lipinski definition) is 1. The van der Waals surface area contributed by atoms with E-state index in [1.807, 2.05) is 11.5 Å².